The van der Waals surface area contributed by atoms with Crippen molar-refractivity contribution in [3.05, 3.63) is 60.7 Å². The van der Waals surface area contributed by atoms with Gasteiger partial charge in [0.25, 0.3) is 26.7 Å². The normalized spacial score (nSPS) is 16.2. The van der Waals surface area contributed by atoms with Crippen LogP contribution >= 0.6 is 0 Å². The minimum absolute atomic E-state index is 0.333. The van der Waals surface area contributed by atoms with Gasteiger partial charge in [-0.25, -0.2) is 10.0 Å². The molecule has 1 heterocycles. The summed E-state index contributed by atoms with van der Waals surface area (Å²) in [5.41, 5.74) is 0.721. The molecule has 1 aliphatic rings. The summed E-state index contributed by atoms with van der Waals surface area (Å²) in [5, 5.41) is 2.24. The van der Waals surface area contributed by atoms with Gasteiger partial charge < -0.3 is 0 Å². The van der Waals surface area contributed by atoms with Crippen LogP contribution < -0.4 is 10.0 Å². The van der Waals surface area contributed by atoms with Gasteiger partial charge in [0.1, 0.15) is 0 Å². The number of para-hydroxylation sites is 2. The smallest absolute Gasteiger partial charge is 0.284 e. The van der Waals surface area contributed by atoms with Crippen molar-refractivity contribution in [3.63, 3.8) is 0 Å². The first-order chi connectivity index (χ1) is 18.8. The van der Waals surface area contributed by atoms with Crippen LogP contribution in [0.2, 0.25) is 0 Å². The highest BCUT2D eigenvalue weighted by Crippen LogP contribution is 2.45. The summed E-state index contributed by atoms with van der Waals surface area (Å²) in [5.74, 6) is -2.68. The van der Waals surface area contributed by atoms with Gasteiger partial charge in [-0.1, -0.05) is 121 Å². The van der Waals surface area contributed by atoms with Crippen LogP contribution in [-0.2, 0) is 19.7 Å². The first kappa shape index (κ1) is 30.8. The van der Waals surface area contributed by atoms with Crippen LogP contribution in [0.15, 0.2) is 60.7 Å². The number of hydrazine groups is 1. The molecule has 0 aromatic heterocycles. The summed E-state index contributed by atoms with van der Waals surface area (Å²) in [4.78, 5) is 28.4. The van der Waals surface area contributed by atoms with Crippen LogP contribution in [-0.4, -0.2) is 29.5 Å². The van der Waals surface area contributed by atoms with Crippen molar-refractivity contribution in [1.82, 2.24) is 0 Å². The number of hydrogen-bond acceptors (Lipinski definition) is 4. The van der Waals surface area contributed by atoms with Gasteiger partial charge in [0, 0.05) is 0 Å². The van der Waals surface area contributed by atoms with E-state index in [1.807, 2.05) is 6.92 Å². The Morgan fingerprint density at radius 1 is 0.641 bits per heavy atom. The number of rotatable bonds is 17. The molecule has 7 nitrogen and oxygen atoms in total. The van der Waals surface area contributed by atoms with Crippen molar-refractivity contribution >= 4 is 33.3 Å². The molecular formula is C31H44N2O5S. The zero-order valence-corrected chi connectivity index (χ0v) is 24.2. The van der Waals surface area contributed by atoms with E-state index in [1.54, 1.807) is 60.7 Å². The molecule has 1 aliphatic heterocycles. The zero-order valence-electron chi connectivity index (χ0n) is 23.4. The highest BCUT2D eigenvalue weighted by Gasteiger charge is 2.70. The number of unbranched alkanes of at least 4 members (excludes halogenated alkanes) is 9. The molecule has 1 saturated heterocycles. The maximum absolute atomic E-state index is 14.2. The topological polar surface area (TPSA) is 95.0 Å². The summed E-state index contributed by atoms with van der Waals surface area (Å²) in [7, 11) is -5.11. The lowest BCUT2D eigenvalue weighted by molar-refractivity contribution is -0.127. The Bertz CT molecular complexity index is 1100. The summed E-state index contributed by atoms with van der Waals surface area (Å²) in [6, 6.07) is 17.0. The molecule has 2 amide bonds. The van der Waals surface area contributed by atoms with Gasteiger partial charge in [0.2, 0.25) is 0 Å². The summed E-state index contributed by atoms with van der Waals surface area (Å²) < 4.78 is 34.5. The van der Waals surface area contributed by atoms with E-state index in [4.69, 9.17) is 0 Å². The molecule has 1 N–H and O–H groups in total. The molecule has 3 rings (SSSR count). The van der Waals surface area contributed by atoms with E-state index >= 15 is 0 Å². The third kappa shape index (κ3) is 6.90. The lowest BCUT2D eigenvalue weighted by Crippen LogP contribution is -2.56. The fraction of sp³-hybridized carbons (Fsp3) is 0.548. The number of carbonyl (C=O) groups is 2. The Labute approximate surface area is 234 Å². The molecule has 0 saturated carbocycles. The van der Waals surface area contributed by atoms with Gasteiger partial charge in [-0.05, 0) is 43.0 Å². The maximum Gasteiger partial charge on any atom is 0.289 e. The van der Waals surface area contributed by atoms with Crippen molar-refractivity contribution in [2.75, 3.05) is 10.0 Å². The first-order valence-corrected chi connectivity index (χ1v) is 16.0. The number of benzene rings is 2. The largest absolute Gasteiger partial charge is 0.289 e. The lowest BCUT2D eigenvalue weighted by atomic mass is 9.82. The number of nitrogens with zero attached hydrogens (tertiary/aromatic N) is 2. The van der Waals surface area contributed by atoms with Crippen molar-refractivity contribution < 1.29 is 22.6 Å². The van der Waals surface area contributed by atoms with Crippen LogP contribution in [0.3, 0.4) is 0 Å². The average molecular weight is 557 g/mol. The van der Waals surface area contributed by atoms with E-state index in [2.05, 4.69) is 6.92 Å². The van der Waals surface area contributed by atoms with Gasteiger partial charge in [-0.15, -0.1) is 0 Å². The molecule has 2 aromatic carbocycles. The molecular weight excluding hydrogens is 512 g/mol. The van der Waals surface area contributed by atoms with E-state index in [0.29, 0.717) is 37.1 Å². The van der Waals surface area contributed by atoms with Crippen molar-refractivity contribution in [2.24, 2.45) is 5.92 Å². The van der Waals surface area contributed by atoms with Crippen LogP contribution in [0.1, 0.15) is 97.3 Å². The molecule has 1 unspecified atom stereocenters. The molecule has 214 valence electrons. The first-order valence-electron chi connectivity index (χ1n) is 14.6. The summed E-state index contributed by atoms with van der Waals surface area (Å²) in [6.45, 7) is 4.11. The predicted octanol–water partition coefficient (Wildman–Crippen LogP) is 7.34. The molecule has 2 aromatic rings. The minimum Gasteiger partial charge on any atom is -0.284 e. The van der Waals surface area contributed by atoms with Gasteiger partial charge in [0.15, 0.2) is 0 Å². The lowest BCUT2D eigenvalue weighted by Gasteiger charge is -2.30. The second kappa shape index (κ2) is 14.6. The highest BCUT2D eigenvalue weighted by atomic mass is 32.2. The Hall–Kier alpha value is -2.71. The molecule has 0 bridgehead atoms. The third-order valence-corrected chi connectivity index (χ3v) is 9.24. The third-order valence-electron chi connectivity index (χ3n) is 7.75. The van der Waals surface area contributed by atoms with E-state index < -0.39 is 32.6 Å². The molecule has 0 spiro atoms. The standard InChI is InChI=1S/C31H44N2O5S/c1-3-5-6-7-8-9-10-11-12-15-21-26(20-4-2)31(39(36,37)38)29(34)32(27-22-16-13-17-23-27)33(30(31)35)28-24-18-14-19-25-28/h13-14,16-19,22-26H,3-12,15,20-21H2,1-2H3,(H,36,37,38). The van der Waals surface area contributed by atoms with Gasteiger partial charge in [0.05, 0.1) is 11.4 Å². The van der Waals surface area contributed by atoms with Crippen molar-refractivity contribution in [1.29, 1.82) is 0 Å². The fourth-order valence-electron chi connectivity index (χ4n) is 5.75. The Balaban J connectivity index is 1.86. The second-order valence-electron chi connectivity index (χ2n) is 10.6. The van der Waals surface area contributed by atoms with E-state index in [-0.39, 0.29) is 0 Å². The van der Waals surface area contributed by atoms with Crippen LogP contribution in [0, 0.1) is 5.92 Å². The quantitative estimate of drug-likeness (QED) is 0.125. The number of amides is 2. The fourth-order valence-corrected chi connectivity index (χ4v) is 7.02. The van der Waals surface area contributed by atoms with E-state index in [9.17, 15) is 22.6 Å². The zero-order chi connectivity index (χ0) is 28.3. The second-order valence-corrected chi connectivity index (χ2v) is 12.2. The van der Waals surface area contributed by atoms with Gasteiger partial charge >= 0.3 is 0 Å². The summed E-state index contributed by atoms with van der Waals surface area (Å²) >= 11 is 0. The maximum atomic E-state index is 14.2. The van der Waals surface area contributed by atoms with Crippen molar-refractivity contribution in [3.8, 4) is 0 Å². The van der Waals surface area contributed by atoms with Crippen molar-refractivity contribution in [2.45, 2.75) is 102 Å². The molecule has 8 heteroatoms. The molecule has 1 atom stereocenters. The minimum atomic E-state index is -5.11. The molecule has 0 radical (unpaired) electrons. The Morgan fingerprint density at radius 3 is 1.44 bits per heavy atom. The number of carbonyl (C=O) groups excluding carboxylic acids is 2. The van der Waals surface area contributed by atoms with E-state index in [1.165, 1.54) is 38.5 Å². The predicted molar refractivity (Wildman–Crippen MR) is 157 cm³/mol. The molecule has 0 aliphatic carbocycles. The van der Waals surface area contributed by atoms with Gasteiger partial charge in [-0.2, -0.15) is 8.42 Å². The Morgan fingerprint density at radius 2 is 1.05 bits per heavy atom. The highest BCUT2D eigenvalue weighted by molar-refractivity contribution is 7.89. The Kier molecular flexibility index (Phi) is 11.5. The number of anilines is 2. The van der Waals surface area contributed by atoms with Crippen LogP contribution in [0.4, 0.5) is 11.4 Å². The van der Waals surface area contributed by atoms with Gasteiger partial charge in [-0.3, -0.25) is 14.1 Å². The SMILES string of the molecule is CCCCCCCCCCCCC(CCC)C1(S(=O)(=O)O)C(=O)N(c2ccccc2)N(c2ccccc2)C1=O. The monoisotopic (exact) mass is 556 g/mol. The van der Waals surface area contributed by atoms with E-state index in [0.717, 1.165) is 29.3 Å². The molecule has 1 fully saturated rings. The van der Waals surface area contributed by atoms with Crippen LogP contribution in [0.5, 0.6) is 0 Å². The average Bonchev–Trinajstić information content (AvgIpc) is 3.17. The molecule has 39 heavy (non-hydrogen) atoms. The number of hydrogen-bond donors (Lipinski definition) is 1. The van der Waals surface area contributed by atoms with Crippen LogP contribution in [0.25, 0.3) is 0 Å². The summed E-state index contributed by atoms with van der Waals surface area (Å²) in [6.07, 6.45) is 12.5.